The number of benzene rings is 1. The molecule has 1 saturated heterocycles. The van der Waals surface area contributed by atoms with Crippen molar-refractivity contribution in [3.05, 3.63) is 72.1 Å². The highest BCUT2D eigenvalue weighted by Gasteiger charge is 2.23. The number of piperidine rings is 1. The lowest BCUT2D eigenvalue weighted by molar-refractivity contribution is 0.199. The van der Waals surface area contributed by atoms with Crippen LogP contribution in [0.2, 0.25) is 0 Å². The Hall–Kier alpha value is -3.12. The van der Waals surface area contributed by atoms with E-state index in [9.17, 15) is 0 Å². The number of pyridine rings is 1. The van der Waals surface area contributed by atoms with Gasteiger partial charge in [0.15, 0.2) is 0 Å². The number of aryl methyl sites for hydroxylation is 1. The van der Waals surface area contributed by atoms with E-state index in [0.717, 1.165) is 71.8 Å². The summed E-state index contributed by atoms with van der Waals surface area (Å²) < 4.78 is 0. The topological polar surface area (TPSA) is 70.6 Å². The fourth-order valence-electron chi connectivity index (χ4n) is 4.17. The molecule has 0 saturated carbocycles. The van der Waals surface area contributed by atoms with Crippen LogP contribution in [0.3, 0.4) is 0 Å². The van der Waals surface area contributed by atoms with Crippen LogP contribution in [0.4, 0.5) is 0 Å². The number of hydrogen-bond donors (Lipinski definition) is 1. The van der Waals surface area contributed by atoms with Gasteiger partial charge in [0.25, 0.3) is 0 Å². The summed E-state index contributed by atoms with van der Waals surface area (Å²) in [6.07, 6.45) is 5.86. The maximum absolute atomic E-state index is 4.77. The van der Waals surface area contributed by atoms with Crippen molar-refractivity contribution in [2.24, 2.45) is 0 Å². The Morgan fingerprint density at radius 3 is 2.76 bits per heavy atom. The van der Waals surface area contributed by atoms with Gasteiger partial charge in [-0.3, -0.25) is 15.0 Å². The minimum atomic E-state index is 0.493. The zero-order valence-corrected chi connectivity index (χ0v) is 16.5. The molecule has 146 valence electrons. The summed E-state index contributed by atoms with van der Waals surface area (Å²) in [5, 5.41) is 8.88. The second-order valence-electron chi connectivity index (χ2n) is 7.74. The second-order valence-corrected chi connectivity index (χ2v) is 7.74. The van der Waals surface area contributed by atoms with E-state index in [2.05, 4.69) is 51.3 Å². The normalized spacial score (nSPS) is 15.8. The van der Waals surface area contributed by atoms with Crippen LogP contribution >= 0.6 is 0 Å². The summed E-state index contributed by atoms with van der Waals surface area (Å²) in [5.74, 6) is 1.41. The molecule has 4 heterocycles. The zero-order valence-electron chi connectivity index (χ0n) is 16.5. The molecule has 1 aromatic carbocycles. The highest BCUT2D eigenvalue weighted by molar-refractivity contribution is 5.80. The molecule has 29 heavy (non-hydrogen) atoms. The maximum atomic E-state index is 4.77. The van der Waals surface area contributed by atoms with Gasteiger partial charge in [-0.25, -0.2) is 9.97 Å². The van der Waals surface area contributed by atoms with Gasteiger partial charge in [0.05, 0.1) is 23.4 Å². The number of aromatic amines is 1. The number of para-hydroxylation sites is 1. The lowest BCUT2D eigenvalue weighted by Gasteiger charge is -2.30. The minimum absolute atomic E-state index is 0.493. The van der Waals surface area contributed by atoms with Gasteiger partial charge in [-0.2, -0.15) is 5.10 Å². The predicted molar refractivity (Wildman–Crippen MR) is 113 cm³/mol. The van der Waals surface area contributed by atoms with E-state index in [-0.39, 0.29) is 0 Å². The molecule has 1 fully saturated rings. The van der Waals surface area contributed by atoms with Crippen molar-refractivity contribution in [1.29, 1.82) is 0 Å². The van der Waals surface area contributed by atoms with Crippen LogP contribution in [0.5, 0.6) is 0 Å². The van der Waals surface area contributed by atoms with Gasteiger partial charge in [0.1, 0.15) is 5.82 Å². The van der Waals surface area contributed by atoms with Crippen LogP contribution in [0.1, 0.15) is 36.0 Å². The van der Waals surface area contributed by atoms with Crippen molar-refractivity contribution in [2.75, 3.05) is 13.1 Å². The molecule has 4 aromatic rings. The van der Waals surface area contributed by atoms with E-state index in [1.165, 1.54) is 0 Å². The van der Waals surface area contributed by atoms with E-state index >= 15 is 0 Å². The molecule has 0 bridgehead atoms. The highest BCUT2D eigenvalue weighted by Crippen LogP contribution is 2.29. The first-order valence-corrected chi connectivity index (χ1v) is 10.2. The molecule has 0 unspecified atom stereocenters. The third kappa shape index (κ3) is 3.76. The van der Waals surface area contributed by atoms with Crippen LogP contribution in [0, 0.1) is 6.92 Å². The molecule has 0 atom stereocenters. The van der Waals surface area contributed by atoms with Crippen LogP contribution in [0.15, 0.2) is 54.9 Å². The van der Waals surface area contributed by atoms with Crippen molar-refractivity contribution in [1.82, 2.24) is 30.0 Å². The summed E-state index contributed by atoms with van der Waals surface area (Å²) in [6, 6.07) is 14.4. The standard InChI is InChI=1S/C23H24N6/c1-16-19-6-2-3-7-20(19)26-23(25-16)15-29-11-8-17(9-12-29)21-13-22(28-27-21)18-5-4-10-24-14-18/h2-7,10,13-14,17H,8-9,11-12,15H2,1H3,(H,27,28). The molecule has 5 rings (SSSR count). The van der Waals surface area contributed by atoms with Gasteiger partial charge in [-0.05, 0) is 57.1 Å². The highest BCUT2D eigenvalue weighted by atomic mass is 15.2. The monoisotopic (exact) mass is 384 g/mol. The van der Waals surface area contributed by atoms with Gasteiger partial charge < -0.3 is 0 Å². The van der Waals surface area contributed by atoms with Crippen molar-refractivity contribution in [3.63, 3.8) is 0 Å². The molecular formula is C23H24N6. The number of hydrogen-bond acceptors (Lipinski definition) is 5. The van der Waals surface area contributed by atoms with E-state index < -0.39 is 0 Å². The number of H-pyrrole nitrogens is 1. The maximum Gasteiger partial charge on any atom is 0.143 e. The van der Waals surface area contributed by atoms with E-state index in [0.29, 0.717) is 5.92 Å². The largest absolute Gasteiger partial charge is 0.296 e. The smallest absolute Gasteiger partial charge is 0.143 e. The molecule has 6 nitrogen and oxygen atoms in total. The molecule has 0 spiro atoms. The third-order valence-corrected chi connectivity index (χ3v) is 5.78. The lowest BCUT2D eigenvalue weighted by atomic mass is 9.93. The first kappa shape index (κ1) is 17.9. The number of likely N-dealkylation sites (tertiary alicyclic amines) is 1. The van der Waals surface area contributed by atoms with Crippen LogP contribution in [-0.2, 0) is 6.54 Å². The number of aromatic nitrogens is 5. The Morgan fingerprint density at radius 1 is 1.07 bits per heavy atom. The number of rotatable bonds is 4. The Kier molecular flexibility index (Phi) is 4.77. The Bertz CT molecular complexity index is 1110. The molecule has 0 radical (unpaired) electrons. The van der Waals surface area contributed by atoms with Gasteiger partial charge in [-0.1, -0.05) is 18.2 Å². The van der Waals surface area contributed by atoms with Crippen LogP contribution in [0.25, 0.3) is 22.2 Å². The molecule has 1 aliphatic heterocycles. The number of fused-ring (bicyclic) bond motifs is 1. The van der Waals surface area contributed by atoms with Crippen molar-refractivity contribution in [3.8, 4) is 11.3 Å². The van der Waals surface area contributed by atoms with Gasteiger partial charge in [-0.15, -0.1) is 0 Å². The summed E-state index contributed by atoms with van der Waals surface area (Å²) in [5.41, 5.74) is 5.36. The Labute approximate surface area is 170 Å². The van der Waals surface area contributed by atoms with Crippen LogP contribution < -0.4 is 0 Å². The summed E-state index contributed by atoms with van der Waals surface area (Å²) in [7, 11) is 0. The molecule has 0 amide bonds. The summed E-state index contributed by atoms with van der Waals surface area (Å²) in [4.78, 5) is 16.1. The van der Waals surface area contributed by atoms with Gasteiger partial charge in [0.2, 0.25) is 0 Å². The molecular weight excluding hydrogens is 360 g/mol. The summed E-state index contributed by atoms with van der Waals surface area (Å²) >= 11 is 0. The average molecular weight is 384 g/mol. The van der Waals surface area contributed by atoms with E-state index in [1.807, 2.05) is 24.4 Å². The quantitative estimate of drug-likeness (QED) is 0.573. The van der Waals surface area contributed by atoms with Crippen molar-refractivity contribution in [2.45, 2.75) is 32.2 Å². The van der Waals surface area contributed by atoms with Crippen LogP contribution in [-0.4, -0.2) is 43.1 Å². The Morgan fingerprint density at radius 2 is 1.93 bits per heavy atom. The zero-order chi connectivity index (χ0) is 19.6. The number of nitrogens with zero attached hydrogens (tertiary/aromatic N) is 5. The minimum Gasteiger partial charge on any atom is -0.296 e. The van der Waals surface area contributed by atoms with Gasteiger partial charge in [0, 0.05) is 35.0 Å². The van der Waals surface area contributed by atoms with E-state index in [4.69, 9.17) is 9.97 Å². The second kappa shape index (κ2) is 7.72. The SMILES string of the molecule is Cc1nc(CN2CCC(c3cc(-c4cccnc4)[nH]n3)CC2)nc2ccccc12. The molecule has 1 aliphatic rings. The predicted octanol–water partition coefficient (Wildman–Crippen LogP) is 4.10. The van der Waals surface area contributed by atoms with Crippen molar-refractivity contribution < 1.29 is 0 Å². The third-order valence-electron chi connectivity index (χ3n) is 5.78. The van der Waals surface area contributed by atoms with Gasteiger partial charge >= 0.3 is 0 Å². The van der Waals surface area contributed by atoms with E-state index in [1.54, 1.807) is 6.20 Å². The fourth-order valence-corrected chi connectivity index (χ4v) is 4.17. The molecule has 0 aliphatic carbocycles. The molecule has 1 N–H and O–H groups in total. The van der Waals surface area contributed by atoms with Crippen molar-refractivity contribution >= 4 is 10.9 Å². The molecule has 3 aromatic heterocycles. The first-order chi connectivity index (χ1) is 14.3. The number of nitrogens with one attached hydrogen (secondary N) is 1. The fraction of sp³-hybridized carbons (Fsp3) is 0.304. The summed E-state index contributed by atoms with van der Waals surface area (Å²) in [6.45, 7) is 4.95. The first-order valence-electron chi connectivity index (χ1n) is 10.2. The molecule has 6 heteroatoms. The Balaban J connectivity index is 1.24. The lowest BCUT2D eigenvalue weighted by Crippen LogP contribution is -2.33. The average Bonchev–Trinajstić information content (AvgIpc) is 3.25.